The number of para-hydroxylation sites is 1. The summed E-state index contributed by atoms with van der Waals surface area (Å²) < 4.78 is 53.5. The molecule has 57 heavy (non-hydrogen) atoms. The number of halogens is 3. The highest BCUT2D eigenvalue weighted by Gasteiger charge is 2.60. The number of ether oxygens (including phenoxy) is 2. The summed E-state index contributed by atoms with van der Waals surface area (Å²) in [4.78, 5) is 49.8. The second-order valence-electron chi connectivity index (χ2n) is 17.0. The summed E-state index contributed by atoms with van der Waals surface area (Å²) in [5, 5.41) is 14.4. The first-order chi connectivity index (χ1) is 26.9. The van der Waals surface area contributed by atoms with Gasteiger partial charge in [-0.25, -0.2) is 9.78 Å². The number of aryl methyl sites for hydroxylation is 1. The lowest BCUT2D eigenvalue weighted by molar-refractivity contribution is -0.150. The van der Waals surface area contributed by atoms with Gasteiger partial charge in [-0.15, -0.1) is 0 Å². The number of likely N-dealkylation sites (tertiary alicyclic amines) is 1. The molecule has 0 radical (unpaired) electrons. The van der Waals surface area contributed by atoms with Crippen molar-refractivity contribution in [3.63, 3.8) is 0 Å². The quantitative estimate of drug-likeness (QED) is 0.140. The third-order valence-corrected chi connectivity index (χ3v) is 11.9. The Bertz CT molecular complexity index is 2020. The topological polar surface area (TPSA) is 159 Å². The van der Waals surface area contributed by atoms with Crippen molar-refractivity contribution in [2.45, 2.75) is 90.1 Å². The first-order valence-electron chi connectivity index (χ1n) is 19.5. The summed E-state index contributed by atoms with van der Waals surface area (Å²) in [7, 11) is 2.89. The van der Waals surface area contributed by atoms with Crippen LogP contribution in [0.3, 0.4) is 0 Å². The van der Waals surface area contributed by atoms with Gasteiger partial charge in [0.1, 0.15) is 22.7 Å². The number of alkyl halides is 3. The van der Waals surface area contributed by atoms with Gasteiger partial charge >= 0.3 is 12.3 Å². The van der Waals surface area contributed by atoms with Crippen molar-refractivity contribution in [3.05, 3.63) is 59.3 Å². The highest BCUT2D eigenvalue weighted by Crippen LogP contribution is 2.61. The lowest BCUT2D eigenvalue weighted by atomic mass is 9.47. The van der Waals surface area contributed by atoms with Crippen molar-refractivity contribution in [1.82, 2.24) is 25.5 Å². The number of alkyl carbamates (subject to hydrolysis) is 1. The van der Waals surface area contributed by atoms with Gasteiger partial charge in [-0.1, -0.05) is 12.1 Å². The summed E-state index contributed by atoms with van der Waals surface area (Å²) in [6.07, 6.45) is 1.05. The van der Waals surface area contributed by atoms with Gasteiger partial charge in [0.2, 0.25) is 11.9 Å². The van der Waals surface area contributed by atoms with Crippen molar-refractivity contribution in [2.75, 3.05) is 43.2 Å². The Labute approximate surface area is 330 Å². The van der Waals surface area contributed by atoms with Crippen molar-refractivity contribution < 1.29 is 37.0 Å². The molecule has 3 atom stereocenters. The molecule has 1 aliphatic heterocycles. The Kier molecular flexibility index (Phi) is 10.8. The van der Waals surface area contributed by atoms with Crippen molar-refractivity contribution in [3.8, 4) is 5.75 Å². The number of nitrogens with zero attached hydrogens (tertiary/aromatic N) is 3. The maximum Gasteiger partial charge on any atom is 0.421 e. The van der Waals surface area contributed by atoms with Crippen LogP contribution in [0, 0.1) is 30.1 Å². The Morgan fingerprint density at radius 1 is 1.00 bits per heavy atom. The number of amides is 3. The molecular weight excluding hydrogens is 741 g/mol. The summed E-state index contributed by atoms with van der Waals surface area (Å²) in [5.74, 6) is 0.432. The number of anilines is 5. The van der Waals surface area contributed by atoms with E-state index in [4.69, 9.17) is 9.47 Å². The van der Waals surface area contributed by atoms with E-state index in [2.05, 4.69) is 41.5 Å². The molecule has 8 rings (SSSR count). The summed E-state index contributed by atoms with van der Waals surface area (Å²) >= 11 is 0. The van der Waals surface area contributed by atoms with Crippen LogP contribution in [0.5, 0.6) is 5.75 Å². The molecule has 2 heterocycles. The number of carbonyl (C=O) groups is 3. The zero-order valence-corrected chi connectivity index (χ0v) is 33.1. The molecule has 4 bridgehead atoms. The van der Waals surface area contributed by atoms with Crippen LogP contribution in [0.15, 0.2) is 42.6 Å². The predicted octanol–water partition coefficient (Wildman–Crippen LogP) is 7.39. The fourth-order valence-electron chi connectivity index (χ4n) is 9.80. The minimum Gasteiger partial charge on any atom is -0.494 e. The van der Waals surface area contributed by atoms with Crippen LogP contribution in [0.1, 0.15) is 80.8 Å². The summed E-state index contributed by atoms with van der Waals surface area (Å²) in [6.45, 7) is 8.92. The average molecular weight is 793 g/mol. The molecule has 16 heteroatoms. The lowest BCUT2D eigenvalue weighted by Crippen LogP contribution is -2.61. The Morgan fingerprint density at radius 2 is 1.74 bits per heavy atom. The number of aromatic nitrogens is 2. The van der Waals surface area contributed by atoms with Gasteiger partial charge < -0.3 is 36.1 Å². The van der Waals surface area contributed by atoms with Gasteiger partial charge in [0.15, 0.2) is 0 Å². The summed E-state index contributed by atoms with van der Waals surface area (Å²) in [5.41, 5.74) is -0.373. The van der Waals surface area contributed by atoms with Crippen LogP contribution in [-0.4, -0.2) is 77.7 Å². The van der Waals surface area contributed by atoms with E-state index in [1.165, 1.54) is 20.2 Å². The molecule has 5 aliphatic rings. The van der Waals surface area contributed by atoms with Crippen molar-refractivity contribution in [2.24, 2.45) is 23.2 Å². The maximum atomic E-state index is 14.2. The molecule has 2 unspecified atom stereocenters. The predicted molar refractivity (Wildman–Crippen MR) is 209 cm³/mol. The molecule has 5 N–H and O–H groups in total. The molecule has 4 saturated carbocycles. The molecule has 1 saturated heterocycles. The standard InChI is InChI=1S/C41H51F3N8O5/c1-22-8-7-9-28(35(53)45-5)32(22)50-34-29(41(42,43)44)20-46-37(51-34)49-30-11-10-26(16-31(30)56-6)47-36(54)40-17-23-14-24(18-40)33(25(15-23)19-40)52-13-12-27(21-52)48-38(55)57-39(2,3)4/h7-11,16,20,23-25,27,33H,12-15,17-19,21H2,1-6H3,(H,45,53)(H,47,54)(H,48,55)(H2,46,49,50,51)/t23?,24?,25?,27-,33-,40-/m0/s1. The Balaban J connectivity index is 1.04. The number of nitrogens with one attached hydrogen (secondary N) is 5. The zero-order chi connectivity index (χ0) is 40.9. The van der Waals surface area contributed by atoms with Gasteiger partial charge in [0.05, 0.1) is 29.5 Å². The molecule has 5 fully saturated rings. The van der Waals surface area contributed by atoms with E-state index in [9.17, 15) is 27.6 Å². The molecule has 0 spiro atoms. The second-order valence-corrected chi connectivity index (χ2v) is 17.0. The number of carbonyl (C=O) groups excluding carboxylic acids is 3. The number of methoxy groups -OCH3 is 1. The van der Waals surface area contributed by atoms with Crippen LogP contribution >= 0.6 is 0 Å². The van der Waals surface area contributed by atoms with Gasteiger partial charge in [-0.3, -0.25) is 14.5 Å². The number of hydrogen-bond donors (Lipinski definition) is 5. The Hall–Kier alpha value is -5.12. The van der Waals surface area contributed by atoms with Crippen LogP contribution < -0.4 is 31.3 Å². The van der Waals surface area contributed by atoms with Crippen molar-refractivity contribution >= 4 is 46.7 Å². The average Bonchev–Trinajstić information content (AvgIpc) is 3.58. The number of hydrogen-bond acceptors (Lipinski definition) is 10. The van der Waals surface area contributed by atoms with Gasteiger partial charge in [0, 0.05) is 50.2 Å². The normalized spacial score (nSPS) is 25.5. The van der Waals surface area contributed by atoms with Crippen LogP contribution in [-0.2, 0) is 15.7 Å². The van der Waals surface area contributed by atoms with E-state index < -0.39 is 34.5 Å². The second kappa shape index (κ2) is 15.3. The highest BCUT2D eigenvalue weighted by molar-refractivity contribution is 6.01. The minimum absolute atomic E-state index is 0.0110. The van der Waals surface area contributed by atoms with Gasteiger partial charge in [-0.05, 0) is 108 Å². The number of benzene rings is 2. The molecule has 3 amide bonds. The maximum absolute atomic E-state index is 14.2. The smallest absolute Gasteiger partial charge is 0.421 e. The molecule has 2 aromatic carbocycles. The van der Waals surface area contributed by atoms with E-state index in [1.807, 2.05) is 20.8 Å². The third-order valence-electron chi connectivity index (χ3n) is 11.9. The molecule has 3 aromatic rings. The third kappa shape index (κ3) is 8.46. The van der Waals surface area contributed by atoms with Crippen LogP contribution in [0.2, 0.25) is 0 Å². The largest absolute Gasteiger partial charge is 0.494 e. The van der Waals surface area contributed by atoms with E-state index in [0.717, 1.165) is 51.6 Å². The van der Waals surface area contributed by atoms with E-state index in [-0.39, 0.29) is 35.2 Å². The SMILES string of the molecule is CNC(=O)c1cccc(C)c1Nc1nc(Nc2ccc(NC(=O)[C@]34CC5CC(C3)[C@@H](N3CC[C@H](NC(=O)OC(C)(C)C)C3)C(C5)C4)cc2OC)ncc1C(F)(F)F. The fourth-order valence-corrected chi connectivity index (χ4v) is 9.80. The first-order valence-corrected chi connectivity index (χ1v) is 19.5. The zero-order valence-electron chi connectivity index (χ0n) is 33.1. The number of rotatable bonds is 10. The van der Waals surface area contributed by atoms with E-state index in [0.29, 0.717) is 52.7 Å². The minimum atomic E-state index is -4.79. The monoisotopic (exact) mass is 792 g/mol. The summed E-state index contributed by atoms with van der Waals surface area (Å²) in [6, 6.07) is 10.3. The highest BCUT2D eigenvalue weighted by atomic mass is 19.4. The van der Waals surface area contributed by atoms with Crippen LogP contribution in [0.4, 0.5) is 46.8 Å². The molecule has 13 nitrogen and oxygen atoms in total. The molecule has 1 aromatic heterocycles. The van der Waals surface area contributed by atoms with Gasteiger partial charge in [0.25, 0.3) is 5.91 Å². The first kappa shape index (κ1) is 40.1. The van der Waals surface area contributed by atoms with E-state index in [1.54, 1.807) is 37.3 Å². The van der Waals surface area contributed by atoms with Crippen LogP contribution in [0.25, 0.3) is 0 Å². The Morgan fingerprint density at radius 3 is 2.40 bits per heavy atom. The van der Waals surface area contributed by atoms with E-state index >= 15 is 0 Å². The lowest BCUT2D eigenvalue weighted by Gasteiger charge is -2.61. The van der Waals surface area contributed by atoms with Gasteiger partial charge in [-0.2, -0.15) is 18.2 Å². The molecule has 306 valence electrons. The molecule has 4 aliphatic carbocycles. The van der Waals surface area contributed by atoms with Crippen molar-refractivity contribution in [1.29, 1.82) is 0 Å². The fraction of sp³-hybridized carbons (Fsp3) is 0.537. The molecular formula is C41H51F3N8O5.